The van der Waals surface area contributed by atoms with Crippen LogP contribution in [0.5, 0.6) is 28.7 Å². The van der Waals surface area contributed by atoms with E-state index in [9.17, 15) is 49.5 Å². The van der Waals surface area contributed by atoms with E-state index in [-0.39, 0.29) is 191 Å². The van der Waals surface area contributed by atoms with Crippen LogP contribution < -0.4 is 43.7 Å². The summed E-state index contributed by atoms with van der Waals surface area (Å²) in [6.07, 6.45) is 3.01. The number of nitrogens with zero attached hydrogens (tertiary/aromatic N) is 12. The average Bonchev–Trinajstić information content (AvgIpc) is 0.787. The maximum Gasteiger partial charge on any atom is 0.263 e. The summed E-state index contributed by atoms with van der Waals surface area (Å²) in [6, 6.07) is 6.88. The highest BCUT2D eigenvalue weighted by atomic mass is 35.5. The number of rotatable bonds is 29. The van der Waals surface area contributed by atoms with Crippen molar-refractivity contribution in [1.29, 1.82) is 0 Å². The Kier molecular flexibility index (Phi) is 38.3. The van der Waals surface area contributed by atoms with Gasteiger partial charge >= 0.3 is 0 Å². The number of aromatic nitrogens is 10. The first-order valence-electron chi connectivity index (χ1n) is 38.7. The van der Waals surface area contributed by atoms with Crippen molar-refractivity contribution in [3.63, 3.8) is 0 Å². The van der Waals surface area contributed by atoms with Crippen LogP contribution in [0.1, 0.15) is 159 Å². The summed E-state index contributed by atoms with van der Waals surface area (Å²) in [5.74, 6) is 3.23. The van der Waals surface area contributed by atoms with Gasteiger partial charge in [0.25, 0.3) is 27.8 Å². The van der Waals surface area contributed by atoms with Gasteiger partial charge in [0.15, 0.2) is 28.7 Å². The third kappa shape index (κ3) is 24.4. The number of fused-ring (bicyclic) bond motifs is 5. The number of hydrogen-bond acceptors (Lipinski definition) is 20. The summed E-state index contributed by atoms with van der Waals surface area (Å²) >= 11 is 60.7. The molecule has 10 rings (SSSR count). The van der Waals surface area contributed by atoms with Crippen molar-refractivity contribution in [1.82, 2.24) is 73.5 Å². The number of benzene rings is 5. The molecule has 0 saturated carbocycles. The fourth-order valence-corrected chi connectivity index (χ4v) is 15.4. The highest BCUT2D eigenvalue weighted by molar-refractivity contribution is 6.42. The molecule has 0 amide bonds. The molecule has 10 aromatic rings. The second kappa shape index (κ2) is 45.2. The molecule has 0 saturated heterocycles. The SMILES string of the molecule is CCCN(CCC)Cc1nc2c(O)c(Cl)cc(Cl)c2c(=O)n1CC(C)C.CCCNCc1nc2c(O)c(Cl)cc(Cl)c2c(=O)n1CC(C)C.CCN(CC)Cc1nc2c(O)c(Cl)cc(Cl)c2c(=O)n1CC(C)C.CCNCc1nc2c(O)c(Cl)cc(Cl)c2c(=O)n1CC(C)C.CNCc1nc2c(O)c(Cl)cc(Cl)c2c(=O)n1CC(C)C. The van der Waals surface area contributed by atoms with Crippen molar-refractivity contribution in [3.8, 4) is 28.7 Å². The van der Waals surface area contributed by atoms with Gasteiger partial charge in [-0.25, -0.2) is 24.9 Å². The number of nitrogens with one attached hydrogen (secondary N) is 3. The van der Waals surface area contributed by atoms with Crippen molar-refractivity contribution in [2.75, 3.05) is 46.3 Å². The fourth-order valence-electron chi connectivity index (χ4n) is 12.7. The maximum atomic E-state index is 13.1. The van der Waals surface area contributed by atoms with Gasteiger partial charge in [-0.2, -0.15) is 0 Å². The highest BCUT2D eigenvalue weighted by Gasteiger charge is 2.26. The molecule has 0 radical (unpaired) electrons. The molecule has 0 aliphatic rings. The Hall–Kier alpha value is -6.50. The van der Waals surface area contributed by atoms with Crippen LogP contribution in [-0.2, 0) is 65.4 Å². The zero-order valence-corrected chi connectivity index (χ0v) is 76.2. The van der Waals surface area contributed by atoms with Gasteiger partial charge in [0, 0.05) is 32.7 Å². The minimum atomic E-state index is -0.268. The van der Waals surface area contributed by atoms with Crippen LogP contribution >= 0.6 is 116 Å². The third-order valence-electron chi connectivity index (χ3n) is 18.0. The molecule has 25 nitrogen and oxygen atoms in total. The average molecular weight is 1810 g/mol. The molecule has 0 unspecified atom stereocenters. The van der Waals surface area contributed by atoms with Gasteiger partial charge in [-0.15, -0.1) is 0 Å². The molecule has 5 heterocycles. The lowest BCUT2D eigenvalue weighted by molar-refractivity contribution is 0.253. The Morgan fingerprint density at radius 2 is 0.569 bits per heavy atom. The number of phenolic OH excluding ortho intramolecular Hbond substituents is 5. The molecule has 0 atom stereocenters. The number of halogens is 10. The molecule has 0 aliphatic heterocycles. The predicted octanol–water partition coefficient (Wildman–Crippen LogP) is 18.1. The maximum absolute atomic E-state index is 13.1. The summed E-state index contributed by atoms with van der Waals surface area (Å²) in [7, 11) is 1.76. The molecule has 0 fully saturated rings. The summed E-state index contributed by atoms with van der Waals surface area (Å²) < 4.78 is 8.15. The zero-order chi connectivity index (χ0) is 86.8. The van der Waals surface area contributed by atoms with E-state index in [2.05, 4.69) is 99.1 Å². The van der Waals surface area contributed by atoms with E-state index in [0.717, 1.165) is 58.5 Å². The van der Waals surface area contributed by atoms with Crippen LogP contribution in [0.2, 0.25) is 50.2 Å². The molecule has 0 bridgehead atoms. The van der Waals surface area contributed by atoms with E-state index in [1.54, 1.807) is 29.9 Å². The van der Waals surface area contributed by atoms with E-state index in [1.165, 1.54) is 30.3 Å². The minimum absolute atomic E-state index is 0.0800. The molecule has 35 heteroatoms. The van der Waals surface area contributed by atoms with Crippen molar-refractivity contribution in [3.05, 3.63) is 161 Å². The smallest absolute Gasteiger partial charge is 0.263 e. The van der Waals surface area contributed by atoms with E-state index >= 15 is 0 Å². The normalized spacial score (nSPS) is 11.7. The molecule has 5 aromatic carbocycles. The van der Waals surface area contributed by atoms with E-state index < -0.39 is 0 Å². The predicted molar refractivity (Wildman–Crippen MR) is 477 cm³/mol. The zero-order valence-electron chi connectivity index (χ0n) is 68.6. The summed E-state index contributed by atoms with van der Waals surface area (Å²) in [6.45, 7) is 42.8. The van der Waals surface area contributed by atoms with Crippen LogP contribution in [0.4, 0.5) is 0 Å². The van der Waals surface area contributed by atoms with Crippen molar-refractivity contribution in [2.24, 2.45) is 29.6 Å². The molecule has 5 aromatic heterocycles. The Balaban J connectivity index is 0.000000226. The summed E-state index contributed by atoms with van der Waals surface area (Å²) in [5.41, 5.74) is -0.473. The molecule has 8 N–H and O–H groups in total. The second-order valence-corrected chi connectivity index (χ2v) is 34.0. The van der Waals surface area contributed by atoms with Crippen molar-refractivity contribution >= 4 is 171 Å². The standard InChI is InChI=1S/C19H27Cl2N3O2.C17H23Cl2N3O2.C16H21Cl2N3O2.C15H19Cl2N3O2.C14H17Cl2N3O2/c1-5-7-23(8-6-2)11-15-22-17-16(13(20)9-14(21)18(17)25)19(26)24(15)10-12(3)4;1-5-21(6-2)9-13-20-15-14(11(18)7-12(19)16(15)23)17(24)22(13)8-10(3)4;1-4-5-19-7-12-20-14-13(10(17)6-11(18)15(14)22)16(23)21(12)8-9(2)3;1-4-18-6-11-19-13-12(9(16)5-10(17)14(13)21)15(22)20(11)7-8(2)3;1-7(2)6-19-10(5-17-3)18-12-11(14(19)21)8(15)4-9(16)13(12)20/h9,12,25H,5-8,10-11H2,1-4H3;7,10,23H,5-6,8-9H2,1-4H3;6,9,19,22H,4-5,7-8H2,1-3H3;5,8,18,21H,4,6-7H2,1-3H3;4,7,17,20H,5-6H2,1-3H3. The molecule has 636 valence electrons. The van der Waals surface area contributed by atoms with Crippen LogP contribution in [0.25, 0.3) is 54.5 Å². The first-order chi connectivity index (χ1) is 54.7. The lowest BCUT2D eigenvalue weighted by Gasteiger charge is -2.23. The molecule has 116 heavy (non-hydrogen) atoms. The Bertz CT molecular complexity index is 5430. The topological polar surface area (TPSA) is 318 Å². The molecule has 0 aliphatic carbocycles. The van der Waals surface area contributed by atoms with Gasteiger partial charge in [-0.3, -0.25) is 56.6 Å². The van der Waals surface area contributed by atoms with Crippen LogP contribution in [-0.4, -0.2) is 129 Å². The van der Waals surface area contributed by atoms with Gasteiger partial charge in [0.1, 0.15) is 56.7 Å². The largest absolute Gasteiger partial charge is 0.504 e. The van der Waals surface area contributed by atoms with E-state index in [0.29, 0.717) is 94.6 Å². The quantitative estimate of drug-likeness (QED) is 0.0202. The summed E-state index contributed by atoms with van der Waals surface area (Å²) in [4.78, 5) is 91.3. The monoisotopic (exact) mass is 1800 g/mol. The van der Waals surface area contributed by atoms with Crippen LogP contribution in [0, 0.1) is 29.6 Å². The second-order valence-electron chi connectivity index (χ2n) is 30.0. The lowest BCUT2D eigenvalue weighted by Crippen LogP contribution is -2.33. The Morgan fingerprint density at radius 1 is 0.336 bits per heavy atom. The Labute approximate surface area is 725 Å². The minimum Gasteiger partial charge on any atom is -0.504 e. The van der Waals surface area contributed by atoms with Gasteiger partial charge in [-0.1, -0.05) is 227 Å². The van der Waals surface area contributed by atoms with E-state index in [1.807, 2.05) is 62.3 Å². The molecular formula is C81H107Cl10N15O10. The molecular weight excluding hydrogens is 1700 g/mol. The van der Waals surface area contributed by atoms with Gasteiger partial charge in [0.05, 0.1) is 110 Å². The highest BCUT2D eigenvalue weighted by Crippen LogP contribution is 2.40. The fraction of sp³-hybridized carbons (Fsp3) is 0.506. The Morgan fingerprint density at radius 3 is 0.793 bits per heavy atom. The van der Waals surface area contributed by atoms with Crippen LogP contribution in [0.15, 0.2) is 54.3 Å². The van der Waals surface area contributed by atoms with Crippen molar-refractivity contribution in [2.45, 2.75) is 195 Å². The first-order valence-corrected chi connectivity index (χ1v) is 42.5. The number of hydrogen-bond donors (Lipinski definition) is 8. The number of phenols is 5. The van der Waals surface area contributed by atoms with Gasteiger partial charge in [0.2, 0.25) is 0 Å². The third-order valence-corrected chi connectivity index (χ3v) is 20.9. The summed E-state index contributed by atoms with van der Waals surface area (Å²) in [5, 5.41) is 62.7. The van der Waals surface area contributed by atoms with Crippen LogP contribution in [0.3, 0.4) is 0 Å². The molecule has 0 spiro atoms. The van der Waals surface area contributed by atoms with Gasteiger partial charge in [-0.05, 0) is 126 Å². The van der Waals surface area contributed by atoms with Crippen molar-refractivity contribution < 1.29 is 25.5 Å². The van der Waals surface area contributed by atoms with E-state index in [4.69, 9.17) is 116 Å². The van der Waals surface area contributed by atoms with Gasteiger partial charge < -0.3 is 41.5 Å². The number of aromatic hydroxyl groups is 5. The first kappa shape index (κ1) is 98.3. The lowest BCUT2D eigenvalue weighted by atomic mass is 10.2.